The summed E-state index contributed by atoms with van der Waals surface area (Å²) in [6, 6.07) is 0. The highest BCUT2D eigenvalue weighted by molar-refractivity contribution is 7.80. The van der Waals surface area contributed by atoms with Crippen molar-refractivity contribution in [2.75, 3.05) is 6.54 Å². The molecule has 3 heteroatoms. The Balaban J connectivity index is 2.36. The second-order valence-electron chi connectivity index (χ2n) is 4.14. The monoisotopic (exact) mass is 249 g/mol. The summed E-state index contributed by atoms with van der Waals surface area (Å²) in [5.41, 5.74) is 1.99. The van der Waals surface area contributed by atoms with E-state index >= 15 is 0 Å². The maximum atomic E-state index is 9.33. The largest absolute Gasteiger partial charge is 0.389 e. The molecule has 1 rings (SSSR count). The van der Waals surface area contributed by atoms with Gasteiger partial charge in [0.05, 0.1) is 12.6 Å². The highest BCUT2D eigenvalue weighted by Gasteiger charge is 2.07. The van der Waals surface area contributed by atoms with E-state index in [4.69, 9.17) is 12.2 Å². The summed E-state index contributed by atoms with van der Waals surface area (Å²) in [6.07, 6.45) is 8.65. The molecule has 2 nitrogen and oxygen atoms in total. The van der Waals surface area contributed by atoms with Crippen molar-refractivity contribution >= 4 is 22.8 Å². The maximum Gasteiger partial charge on any atom is 0.0744 e. The lowest BCUT2D eigenvalue weighted by molar-refractivity contribution is 0.209. The van der Waals surface area contributed by atoms with Gasteiger partial charge >= 0.3 is 0 Å². The molecule has 0 spiro atoms. The first kappa shape index (κ1) is 14.0. The number of rotatable bonds is 6. The number of thiocarbonyl (C=S) groups is 1. The predicted molar refractivity (Wildman–Crippen MR) is 77.9 cm³/mol. The van der Waals surface area contributed by atoms with E-state index in [-0.39, 0.29) is 6.10 Å². The standard InChI is InChI=1S/C14H19NOS/c1-3-12(16)6-4-5-7-14-11(2)8-9-13(17)10-15-14/h3,8-9,12,16H,1-2,4-7,10H2. The van der Waals surface area contributed by atoms with Crippen LogP contribution in [0, 0.1) is 0 Å². The zero-order valence-corrected chi connectivity index (χ0v) is 10.9. The lowest BCUT2D eigenvalue weighted by Gasteiger charge is -2.07. The highest BCUT2D eigenvalue weighted by Crippen LogP contribution is 2.12. The molecule has 1 atom stereocenters. The van der Waals surface area contributed by atoms with Gasteiger partial charge in [0.2, 0.25) is 0 Å². The first-order chi connectivity index (χ1) is 8.13. The first-order valence-electron chi connectivity index (χ1n) is 5.87. The zero-order valence-electron chi connectivity index (χ0n) is 10.1. The molecule has 1 aliphatic rings. The van der Waals surface area contributed by atoms with Gasteiger partial charge in [-0.15, -0.1) is 6.58 Å². The summed E-state index contributed by atoms with van der Waals surface area (Å²) in [7, 11) is 0. The first-order valence-corrected chi connectivity index (χ1v) is 6.28. The smallest absolute Gasteiger partial charge is 0.0744 e. The molecular weight excluding hydrogens is 230 g/mol. The van der Waals surface area contributed by atoms with Crippen LogP contribution in [0.25, 0.3) is 0 Å². The lowest BCUT2D eigenvalue weighted by atomic mass is 10.0. The molecule has 1 aliphatic heterocycles. The van der Waals surface area contributed by atoms with Crippen LogP contribution in [-0.2, 0) is 0 Å². The van der Waals surface area contributed by atoms with Crippen LogP contribution in [0.2, 0.25) is 0 Å². The quantitative estimate of drug-likeness (QED) is 0.446. The molecule has 0 aliphatic carbocycles. The van der Waals surface area contributed by atoms with Gasteiger partial charge < -0.3 is 5.11 Å². The topological polar surface area (TPSA) is 32.6 Å². The second kappa shape index (κ2) is 7.30. The molecule has 0 amide bonds. The van der Waals surface area contributed by atoms with Crippen LogP contribution >= 0.6 is 12.2 Å². The maximum absolute atomic E-state index is 9.33. The number of nitrogens with zero attached hydrogens (tertiary/aromatic N) is 1. The third-order valence-electron chi connectivity index (χ3n) is 2.70. The highest BCUT2D eigenvalue weighted by atomic mass is 32.1. The van der Waals surface area contributed by atoms with Crippen molar-refractivity contribution in [3.05, 3.63) is 37.0 Å². The number of aliphatic hydroxyl groups excluding tert-OH is 1. The molecular formula is C14H19NOS. The van der Waals surface area contributed by atoms with Crippen LogP contribution in [0.4, 0.5) is 0 Å². The van der Waals surface area contributed by atoms with E-state index in [0.29, 0.717) is 6.54 Å². The zero-order chi connectivity index (χ0) is 12.7. The molecule has 0 aromatic heterocycles. The van der Waals surface area contributed by atoms with Crippen molar-refractivity contribution in [1.29, 1.82) is 0 Å². The fraction of sp³-hybridized carbons (Fsp3) is 0.429. The Hall–Kier alpha value is -1.06. The number of hydrogen-bond acceptors (Lipinski definition) is 3. The Morgan fingerprint density at radius 2 is 2.24 bits per heavy atom. The Labute approximate surface area is 108 Å². The molecule has 0 saturated carbocycles. The molecule has 0 aromatic rings. The summed E-state index contributed by atoms with van der Waals surface area (Å²) >= 11 is 5.10. The van der Waals surface area contributed by atoms with Gasteiger partial charge in [0.25, 0.3) is 0 Å². The summed E-state index contributed by atoms with van der Waals surface area (Å²) in [5, 5.41) is 9.33. The van der Waals surface area contributed by atoms with Gasteiger partial charge in [0, 0.05) is 10.6 Å². The number of hydrogen-bond donors (Lipinski definition) is 1. The van der Waals surface area contributed by atoms with Gasteiger partial charge in [-0.1, -0.05) is 37.4 Å². The Morgan fingerprint density at radius 3 is 2.94 bits per heavy atom. The fourth-order valence-electron chi connectivity index (χ4n) is 1.62. The van der Waals surface area contributed by atoms with Gasteiger partial charge in [-0.05, 0) is 30.9 Å². The van der Waals surface area contributed by atoms with Crippen LogP contribution in [0.3, 0.4) is 0 Å². The third kappa shape index (κ3) is 5.20. The van der Waals surface area contributed by atoms with Gasteiger partial charge in [-0.2, -0.15) is 0 Å². The average Bonchev–Trinajstić information content (AvgIpc) is 2.48. The van der Waals surface area contributed by atoms with Gasteiger partial charge in [-0.25, -0.2) is 0 Å². The van der Waals surface area contributed by atoms with E-state index in [1.807, 2.05) is 12.2 Å². The third-order valence-corrected chi connectivity index (χ3v) is 2.97. The average molecular weight is 249 g/mol. The molecule has 0 saturated heterocycles. The van der Waals surface area contributed by atoms with Crippen molar-refractivity contribution in [1.82, 2.24) is 0 Å². The summed E-state index contributed by atoms with van der Waals surface area (Å²) in [6.45, 7) is 8.12. The summed E-state index contributed by atoms with van der Waals surface area (Å²) in [5.74, 6) is 0. The van der Waals surface area contributed by atoms with Crippen molar-refractivity contribution in [2.24, 2.45) is 4.99 Å². The minimum absolute atomic E-state index is 0.387. The van der Waals surface area contributed by atoms with E-state index in [1.54, 1.807) is 6.08 Å². The molecule has 1 unspecified atom stereocenters. The van der Waals surface area contributed by atoms with E-state index in [9.17, 15) is 5.11 Å². The van der Waals surface area contributed by atoms with Gasteiger partial charge in [0.1, 0.15) is 0 Å². The van der Waals surface area contributed by atoms with Gasteiger partial charge in [-0.3, -0.25) is 4.99 Å². The Bertz CT molecular complexity index is 368. The second-order valence-corrected chi connectivity index (χ2v) is 4.66. The van der Waals surface area contributed by atoms with Crippen LogP contribution in [0.5, 0.6) is 0 Å². The van der Waals surface area contributed by atoms with Crippen LogP contribution in [-0.4, -0.2) is 28.3 Å². The molecule has 1 heterocycles. The van der Waals surface area contributed by atoms with E-state index in [0.717, 1.165) is 41.8 Å². The Morgan fingerprint density at radius 1 is 1.47 bits per heavy atom. The fourth-order valence-corrected chi connectivity index (χ4v) is 1.75. The molecule has 0 fully saturated rings. The van der Waals surface area contributed by atoms with Crippen molar-refractivity contribution in [3.63, 3.8) is 0 Å². The van der Waals surface area contributed by atoms with Crippen molar-refractivity contribution in [3.8, 4) is 0 Å². The van der Waals surface area contributed by atoms with E-state index in [2.05, 4.69) is 18.2 Å². The summed E-state index contributed by atoms with van der Waals surface area (Å²) < 4.78 is 0. The van der Waals surface area contributed by atoms with E-state index in [1.165, 1.54) is 0 Å². The molecule has 17 heavy (non-hydrogen) atoms. The molecule has 0 bridgehead atoms. The van der Waals surface area contributed by atoms with Gasteiger partial charge in [0.15, 0.2) is 0 Å². The number of aliphatic hydroxyl groups is 1. The van der Waals surface area contributed by atoms with E-state index < -0.39 is 0 Å². The number of allylic oxidation sites excluding steroid dienone is 2. The SMILES string of the molecule is C=CC(O)CCCCC1=NCC(=S)C=CC1=C. The lowest BCUT2D eigenvalue weighted by Crippen LogP contribution is -2.04. The summed E-state index contributed by atoms with van der Waals surface area (Å²) in [4.78, 5) is 5.30. The minimum Gasteiger partial charge on any atom is -0.389 e. The predicted octanol–water partition coefficient (Wildman–Crippen LogP) is 3.03. The van der Waals surface area contributed by atoms with Crippen LogP contribution < -0.4 is 0 Å². The van der Waals surface area contributed by atoms with Crippen LogP contribution in [0.1, 0.15) is 25.7 Å². The Kier molecular flexibility index (Phi) is 6.01. The van der Waals surface area contributed by atoms with Crippen LogP contribution in [0.15, 0.2) is 42.0 Å². The normalized spacial score (nSPS) is 17.6. The molecule has 92 valence electrons. The van der Waals surface area contributed by atoms with Crippen molar-refractivity contribution in [2.45, 2.75) is 31.8 Å². The molecule has 0 aromatic carbocycles. The number of unbranched alkanes of at least 4 members (excludes halogenated alkanes) is 1. The number of aliphatic imine (C=N–C) groups is 1. The minimum atomic E-state index is -0.387. The molecule has 1 N–H and O–H groups in total. The molecule has 0 radical (unpaired) electrons. The van der Waals surface area contributed by atoms with Crippen molar-refractivity contribution < 1.29 is 5.11 Å².